The topological polar surface area (TPSA) is 66.9 Å². The molecular formula is C12H18N2O4S. The zero-order chi connectivity index (χ0) is 13.8. The smallest absolute Gasteiger partial charge is 0.325 e. The number of ether oxygens (including phenoxy) is 1. The summed E-state index contributed by atoms with van der Waals surface area (Å²) in [6.45, 7) is 2.11. The van der Waals surface area contributed by atoms with E-state index >= 15 is 0 Å². The average molecular weight is 286 g/mol. The summed E-state index contributed by atoms with van der Waals surface area (Å²) in [6.07, 6.45) is 1.85. The van der Waals surface area contributed by atoms with E-state index in [0.29, 0.717) is 18.2 Å². The lowest BCUT2D eigenvalue weighted by atomic mass is 10.4. The van der Waals surface area contributed by atoms with Gasteiger partial charge in [0.1, 0.15) is 13.1 Å². The fourth-order valence-electron chi connectivity index (χ4n) is 1.95. The summed E-state index contributed by atoms with van der Waals surface area (Å²) >= 11 is 1.50. The molecule has 0 bridgehead atoms. The standard InChI is InChI=1S/C12H18N2O4S/c1-2-18-12(17)6-14(9-3-4-9)10(15)5-13-8-19-7-11(13)16/h9H,2-8H2,1H3. The Kier molecular flexibility index (Phi) is 4.68. The maximum atomic E-state index is 12.2. The Bertz CT molecular complexity index is 384. The fraction of sp³-hybridized carbons (Fsp3) is 0.750. The second-order valence-electron chi connectivity index (χ2n) is 4.63. The zero-order valence-electron chi connectivity index (χ0n) is 11.0. The Hall–Kier alpha value is -1.24. The lowest BCUT2D eigenvalue weighted by Gasteiger charge is -2.24. The van der Waals surface area contributed by atoms with E-state index in [2.05, 4.69) is 0 Å². The third-order valence-electron chi connectivity index (χ3n) is 3.06. The van der Waals surface area contributed by atoms with Crippen LogP contribution in [0.2, 0.25) is 0 Å². The molecule has 0 atom stereocenters. The van der Waals surface area contributed by atoms with Crippen molar-refractivity contribution in [2.75, 3.05) is 31.3 Å². The summed E-state index contributed by atoms with van der Waals surface area (Å²) in [5.74, 6) is 0.443. The van der Waals surface area contributed by atoms with Crippen molar-refractivity contribution in [3.8, 4) is 0 Å². The van der Waals surface area contributed by atoms with Gasteiger partial charge in [-0.15, -0.1) is 11.8 Å². The SMILES string of the molecule is CCOC(=O)CN(C(=O)CN1CSCC1=O)C1CC1. The van der Waals surface area contributed by atoms with Crippen molar-refractivity contribution in [3.63, 3.8) is 0 Å². The van der Waals surface area contributed by atoms with E-state index in [1.54, 1.807) is 11.8 Å². The first kappa shape index (κ1) is 14.2. The maximum absolute atomic E-state index is 12.2. The summed E-state index contributed by atoms with van der Waals surface area (Å²) in [5.41, 5.74) is 0. The number of carbonyl (C=O) groups excluding carboxylic acids is 3. The molecule has 106 valence electrons. The number of carbonyl (C=O) groups is 3. The molecule has 0 aromatic carbocycles. The Morgan fingerprint density at radius 3 is 2.74 bits per heavy atom. The number of amides is 2. The number of esters is 1. The molecule has 19 heavy (non-hydrogen) atoms. The van der Waals surface area contributed by atoms with Gasteiger partial charge in [-0.25, -0.2) is 0 Å². The van der Waals surface area contributed by atoms with Gasteiger partial charge in [-0.3, -0.25) is 14.4 Å². The van der Waals surface area contributed by atoms with Gasteiger partial charge in [0.2, 0.25) is 11.8 Å². The number of hydrogen-bond acceptors (Lipinski definition) is 5. The first-order valence-corrected chi connectivity index (χ1v) is 7.58. The monoisotopic (exact) mass is 286 g/mol. The predicted molar refractivity (Wildman–Crippen MR) is 70.4 cm³/mol. The molecule has 2 rings (SSSR count). The van der Waals surface area contributed by atoms with Crippen molar-refractivity contribution in [2.24, 2.45) is 0 Å². The Morgan fingerprint density at radius 2 is 2.21 bits per heavy atom. The minimum atomic E-state index is -0.384. The first-order valence-electron chi connectivity index (χ1n) is 6.42. The number of rotatable bonds is 6. The van der Waals surface area contributed by atoms with Gasteiger partial charge in [0, 0.05) is 6.04 Å². The lowest BCUT2D eigenvalue weighted by molar-refractivity contribution is -0.150. The third kappa shape index (κ3) is 3.86. The molecule has 1 aliphatic heterocycles. The Morgan fingerprint density at radius 1 is 1.47 bits per heavy atom. The molecule has 1 aliphatic carbocycles. The van der Waals surface area contributed by atoms with Crippen LogP contribution in [0.25, 0.3) is 0 Å². The van der Waals surface area contributed by atoms with Crippen molar-refractivity contribution in [2.45, 2.75) is 25.8 Å². The largest absolute Gasteiger partial charge is 0.465 e. The van der Waals surface area contributed by atoms with Crippen LogP contribution < -0.4 is 0 Å². The minimum Gasteiger partial charge on any atom is -0.465 e. The average Bonchev–Trinajstić information content (AvgIpc) is 3.12. The quantitative estimate of drug-likeness (QED) is 0.647. The molecule has 1 saturated heterocycles. The van der Waals surface area contributed by atoms with E-state index in [4.69, 9.17) is 4.74 Å². The van der Waals surface area contributed by atoms with Crippen molar-refractivity contribution in [1.82, 2.24) is 9.80 Å². The highest BCUT2D eigenvalue weighted by Gasteiger charge is 2.35. The molecule has 0 aromatic heterocycles. The molecule has 1 saturated carbocycles. The highest BCUT2D eigenvalue weighted by Crippen LogP contribution is 2.27. The molecule has 7 heteroatoms. The molecule has 0 aromatic rings. The molecular weight excluding hydrogens is 268 g/mol. The van der Waals surface area contributed by atoms with E-state index in [9.17, 15) is 14.4 Å². The van der Waals surface area contributed by atoms with Gasteiger partial charge in [-0.05, 0) is 19.8 Å². The predicted octanol–water partition coefficient (Wildman–Crippen LogP) is 0.0734. The number of thioether (sulfide) groups is 1. The van der Waals surface area contributed by atoms with Crippen molar-refractivity contribution < 1.29 is 19.1 Å². The van der Waals surface area contributed by atoms with Crippen molar-refractivity contribution in [1.29, 1.82) is 0 Å². The summed E-state index contributed by atoms with van der Waals surface area (Å²) in [5, 5.41) is 0. The highest BCUT2D eigenvalue weighted by molar-refractivity contribution is 8.00. The van der Waals surface area contributed by atoms with E-state index in [-0.39, 0.29) is 36.9 Å². The van der Waals surface area contributed by atoms with Crippen LogP contribution in [-0.4, -0.2) is 65.0 Å². The molecule has 2 amide bonds. The lowest BCUT2D eigenvalue weighted by Crippen LogP contribution is -2.44. The second-order valence-corrected chi connectivity index (χ2v) is 5.58. The van der Waals surface area contributed by atoms with E-state index < -0.39 is 0 Å². The molecule has 0 N–H and O–H groups in total. The maximum Gasteiger partial charge on any atom is 0.325 e. The Labute approximate surface area is 116 Å². The normalized spacial score (nSPS) is 18.6. The Balaban J connectivity index is 1.89. The molecule has 1 heterocycles. The van der Waals surface area contributed by atoms with Crippen LogP contribution in [-0.2, 0) is 19.1 Å². The number of hydrogen-bond donors (Lipinski definition) is 0. The summed E-state index contributed by atoms with van der Waals surface area (Å²) in [6, 6.07) is 0.141. The van der Waals surface area contributed by atoms with Gasteiger partial charge in [0.15, 0.2) is 0 Å². The number of nitrogens with zero attached hydrogens (tertiary/aromatic N) is 2. The van der Waals surface area contributed by atoms with Crippen LogP contribution in [0.1, 0.15) is 19.8 Å². The fourth-order valence-corrected chi connectivity index (χ4v) is 2.85. The second kappa shape index (κ2) is 6.27. The van der Waals surface area contributed by atoms with Crippen LogP contribution >= 0.6 is 11.8 Å². The molecule has 2 aliphatic rings. The summed E-state index contributed by atoms with van der Waals surface area (Å²) in [4.78, 5) is 38.2. The van der Waals surface area contributed by atoms with Crippen LogP contribution in [0.5, 0.6) is 0 Å². The van der Waals surface area contributed by atoms with Crippen LogP contribution in [0.3, 0.4) is 0 Å². The zero-order valence-corrected chi connectivity index (χ0v) is 11.8. The van der Waals surface area contributed by atoms with Gasteiger partial charge in [0.25, 0.3) is 0 Å². The van der Waals surface area contributed by atoms with Gasteiger partial charge in [-0.1, -0.05) is 0 Å². The summed E-state index contributed by atoms with van der Waals surface area (Å²) < 4.78 is 4.87. The van der Waals surface area contributed by atoms with E-state index in [1.807, 2.05) is 0 Å². The molecule has 6 nitrogen and oxygen atoms in total. The highest BCUT2D eigenvalue weighted by atomic mass is 32.2. The van der Waals surface area contributed by atoms with E-state index in [0.717, 1.165) is 12.8 Å². The van der Waals surface area contributed by atoms with Gasteiger partial charge < -0.3 is 14.5 Å². The van der Waals surface area contributed by atoms with Gasteiger partial charge in [0.05, 0.1) is 18.2 Å². The molecule has 0 unspecified atom stereocenters. The minimum absolute atomic E-state index is 0.00743. The van der Waals surface area contributed by atoms with Crippen LogP contribution in [0, 0.1) is 0 Å². The van der Waals surface area contributed by atoms with Crippen LogP contribution in [0.15, 0.2) is 0 Å². The molecule has 2 fully saturated rings. The van der Waals surface area contributed by atoms with Gasteiger partial charge >= 0.3 is 5.97 Å². The third-order valence-corrected chi connectivity index (χ3v) is 4.01. The van der Waals surface area contributed by atoms with Gasteiger partial charge in [-0.2, -0.15) is 0 Å². The summed E-state index contributed by atoms with van der Waals surface area (Å²) in [7, 11) is 0. The molecule has 0 radical (unpaired) electrons. The van der Waals surface area contributed by atoms with E-state index in [1.165, 1.54) is 16.7 Å². The van der Waals surface area contributed by atoms with Crippen LogP contribution in [0.4, 0.5) is 0 Å². The first-order chi connectivity index (χ1) is 9.11. The van der Waals surface area contributed by atoms with Crippen molar-refractivity contribution in [3.05, 3.63) is 0 Å². The molecule has 0 spiro atoms. The van der Waals surface area contributed by atoms with Crippen molar-refractivity contribution >= 4 is 29.5 Å².